The summed E-state index contributed by atoms with van der Waals surface area (Å²) in [4.78, 5) is 12.0. The molecule has 9 heteroatoms. The molecule has 31 heavy (non-hydrogen) atoms. The number of aromatic carboxylic acids is 1. The van der Waals surface area contributed by atoms with Gasteiger partial charge in [0.1, 0.15) is 22.9 Å². The molecule has 0 fully saturated rings. The summed E-state index contributed by atoms with van der Waals surface area (Å²) in [7, 11) is 4.72. The van der Waals surface area contributed by atoms with E-state index in [0.29, 0.717) is 11.6 Å². The maximum atomic E-state index is 12.0. The molecular formula is C22H25N3O6. The number of hydrogen-bond donors (Lipinski definition) is 2. The Morgan fingerprint density at radius 3 is 2.48 bits per heavy atom. The standard InChI is InChI=1S/C22H25N3O6/c1-14-7-5-6-8-16(14)17-11-20(25(2)24-17)23-18-9-15(30-12-28-3)10-19(31-13-29-4)21(18)22(26)27/h5-11,23H,12-13H2,1-4H3,(H,26,27). The molecule has 0 spiro atoms. The molecule has 1 heterocycles. The van der Waals surface area contributed by atoms with Crippen molar-refractivity contribution in [1.82, 2.24) is 9.78 Å². The van der Waals surface area contributed by atoms with E-state index in [1.807, 2.05) is 37.3 Å². The number of carboxylic acids is 1. The Labute approximate surface area is 180 Å². The summed E-state index contributed by atoms with van der Waals surface area (Å²) < 4.78 is 22.5. The van der Waals surface area contributed by atoms with Crippen molar-refractivity contribution in [3.63, 3.8) is 0 Å². The van der Waals surface area contributed by atoms with Crippen LogP contribution in [0.4, 0.5) is 11.5 Å². The van der Waals surface area contributed by atoms with Crippen LogP contribution in [0.15, 0.2) is 42.5 Å². The molecular weight excluding hydrogens is 402 g/mol. The van der Waals surface area contributed by atoms with Crippen LogP contribution >= 0.6 is 0 Å². The predicted octanol–water partition coefficient (Wildman–Crippen LogP) is 3.80. The van der Waals surface area contributed by atoms with Crippen LogP contribution in [0, 0.1) is 6.92 Å². The van der Waals surface area contributed by atoms with E-state index in [0.717, 1.165) is 16.8 Å². The second-order valence-corrected chi connectivity index (χ2v) is 6.73. The number of nitrogens with zero attached hydrogens (tertiary/aromatic N) is 2. The molecule has 0 saturated carbocycles. The molecule has 0 aliphatic carbocycles. The summed E-state index contributed by atoms with van der Waals surface area (Å²) in [5.41, 5.74) is 3.07. The lowest BCUT2D eigenvalue weighted by atomic mass is 10.1. The van der Waals surface area contributed by atoms with Crippen molar-refractivity contribution in [2.75, 3.05) is 33.1 Å². The Hall–Kier alpha value is -3.56. The van der Waals surface area contributed by atoms with Gasteiger partial charge in [-0.05, 0) is 12.5 Å². The Kier molecular flexibility index (Phi) is 7.11. The first-order valence-corrected chi connectivity index (χ1v) is 9.46. The van der Waals surface area contributed by atoms with Crippen molar-refractivity contribution >= 4 is 17.5 Å². The Morgan fingerprint density at radius 1 is 1.10 bits per heavy atom. The van der Waals surface area contributed by atoms with E-state index in [4.69, 9.17) is 18.9 Å². The molecule has 0 aliphatic rings. The maximum Gasteiger partial charge on any atom is 0.341 e. The van der Waals surface area contributed by atoms with Crippen LogP contribution in [0.2, 0.25) is 0 Å². The van der Waals surface area contributed by atoms with E-state index in [9.17, 15) is 9.90 Å². The first-order valence-electron chi connectivity index (χ1n) is 9.46. The van der Waals surface area contributed by atoms with Crippen LogP contribution in [0.3, 0.4) is 0 Å². The highest BCUT2D eigenvalue weighted by Gasteiger charge is 2.21. The van der Waals surface area contributed by atoms with Crippen LogP contribution in [0.5, 0.6) is 11.5 Å². The molecule has 0 bridgehead atoms. The monoisotopic (exact) mass is 427 g/mol. The summed E-state index contributed by atoms with van der Waals surface area (Å²) in [6.07, 6.45) is 0. The van der Waals surface area contributed by atoms with Crippen molar-refractivity contribution in [2.45, 2.75) is 6.92 Å². The number of aromatic nitrogens is 2. The molecule has 0 amide bonds. The minimum Gasteiger partial charge on any atom is -0.477 e. The second kappa shape index (κ2) is 9.96. The smallest absolute Gasteiger partial charge is 0.341 e. The van der Waals surface area contributed by atoms with Gasteiger partial charge >= 0.3 is 5.97 Å². The molecule has 2 N–H and O–H groups in total. The van der Waals surface area contributed by atoms with Crippen molar-refractivity contribution < 1.29 is 28.8 Å². The largest absolute Gasteiger partial charge is 0.477 e. The molecule has 3 rings (SSSR count). The summed E-state index contributed by atoms with van der Waals surface area (Å²) in [6.45, 7) is 1.89. The van der Waals surface area contributed by atoms with Crippen molar-refractivity contribution in [1.29, 1.82) is 0 Å². The fourth-order valence-electron chi connectivity index (χ4n) is 3.07. The van der Waals surface area contributed by atoms with Crippen LogP contribution in [-0.2, 0) is 16.5 Å². The van der Waals surface area contributed by atoms with Gasteiger partial charge in [-0.25, -0.2) is 4.79 Å². The lowest BCUT2D eigenvalue weighted by Crippen LogP contribution is -2.11. The average Bonchev–Trinajstić information content (AvgIpc) is 3.10. The van der Waals surface area contributed by atoms with Gasteiger partial charge in [0.15, 0.2) is 13.6 Å². The first kappa shape index (κ1) is 22.1. The lowest BCUT2D eigenvalue weighted by Gasteiger charge is -2.16. The number of aryl methyl sites for hydroxylation is 2. The molecule has 1 aromatic heterocycles. The summed E-state index contributed by atoms with van der Waals surface area (Å²) in [5.74, 6) is -0.0796. The Balaban J connectivity index is 2.03. The zero-order chi connectivity index (χ0) is 22.4. The maximum absolute atomic E-state index is 12.0. The van der Waals surface area contributed by atoms with E-state index in [2.05, 4.69) is 10.4 Å². The van der Waals surface area contributed by atoms with E-state index in [1.54, 1.807) is 17.8 Å². The van der Waals surface area contributed by atoms with Gasteiger partial charge in [0.25, 0.3) is 0 Å². The summed E-state index contributed by atoms with van der Waals surface area (Å²) in [6, 6.07) is 12.8. The lowest BCUT2D eigenvalue weighted by molar-refractivity contribution is 0.0446. The minimum atomic E-state index is -1.16. The number of rotatable bonds is 10. The summed E-state index contributed by atoms with van der Waals surface area (Å²) in [5, 5.41) is 17.5. The molecule has 0 saturated heterocycles. The van der Waals surface area contributed by atoms with Crippen molar-refractivity contribution in [3.8, 4) is 22.8 Å². The Bertz CT molecular complexity index is 1060. The van der Waals surface area contributed by atoms with E-state index < -0.39 is 5.97 Å². The minimum absolute atomic E-state index is 0.00127. The van der Waals surface area contributed by atoms with Crippen LogP contribution in [0.25, 0.3) is 11.3 Å². The molecule has 9 nitrogen and oxygen atoms in total. The average molecular weight is 427 g/mol. The molecule has 3 aromatic rings. The van der Waals surface area contributed by atoms with E-state index >= 15 is 0 Å². The SMILES string of the molecule is COCOc1cc(Nc2cc(-c3ccccc3C)nn2C)c(C(=O)O)c(OCOC)c1. The van der Waals surface area contributed by atoms with Gasteiger partial charge in [0.05, 0.1) is 11.4 Å². The third kappa shape index (κ3) is 5.14. The number of ether oxygens (including phenoxy) is 4. The zero-order valence-corrected chi connectivity index (χ0v) is 17.8. The molecule has 164 valence electrons. The van der Waals surface area contributed by atoms with Crippen LogP contribution in [-0.4, -0.2) is 48.7 Å². The van der Waals surface area contributed by atoms with Crippen LogP contribution in [0.1, 0.15) is 15.9 Å². The second-order valence-electron chi connectivity index (χ2n) is 6.73. The third-order valence-corrected chi connectivity index (χ3v) is 4.53. The number of benzene rings is 2. The fourth-order valence-corrected chi connectivity index (χ4v) is 3.07. The number of nitrogens with one attached hydrogen (secondary N) is 1. The highest BCUT2D eigenvalue weighted by molar-refractivity contribution is 5.98. The topological polar surface area (TPSA) is 104 Å². The number of carbonyl (C=O) groups is 1. The van der Waals surface area contributed by atoms with Gasteiger partial charge in [-0.3, -0.25) is 4.68 Å². The van der Waals surface area contributed by atoms with E-state index in [1.165, 1.54) is 20.3 Å². The number of methoxy groups -OCH3 is 2. The normalized spacial score (nSPS) is 10.7. The Morgan fingerprint density at radius 2 is 1.81 bits per heavy atom. The summed E-state index contributed by atoms with van der Waals surface area (Å²) >= 11 is 0. The van der Waals surface area contributed by atoms with Gasteiger partial charge in [-0.2, -0.15) is 5.10 Å². The number of hydrogen-bond acceptors (Lipinski definition) is 7. The van der Waals surface area contributed by atoms with Crippen LogP contribution < -0.4 is 14.8 Å². The quantitative estimate of drug-likeness (QED) is 0.471. The highest BCUT2D eigenvalue weighted by atomic mass is 16.7. The van der Waals surface area contributed by atoms with Gasteiger partial charge in [0, 0.05) is 45.0 Å². The third-order valence-electron chi connectivity index (χ3n) is 4.53. The molecule has 0 atom stereocenters. The van der Waals surface area contributed by atoms with E-state index in [-0.39, 0.29) is 30.6 Å². The highest BCUT2D eigenvalue weighted by Crippen LogP contribution is 2.35. The first-order chi connectivity index (χ1) is 14.9. The van der Waals surface area contributed by atoms with Gasteiger partial charge in [0.2, 0.25) is 0 Å². The van der Waals surface area contributed by atoms with Gasteiger partial charge in [-0.15, -0.1) is 0 Å². The molecule has 2 aromatic carbocycles. The fraction of sp³-hybridized carbons (Fsp3) is 0.273. The zero-order valence-electron chi connectivity index (χ0n) is 17.8. The van der Waals surface area contributed by atoms with Gasteiger partial charge in [-0.1, -0.05) is 24.3 Å². The number of anilines is 2. The predicted molar refractivity (Wildman–Crippen MR) is 115 cm³/mol. The molecule has 0 aliphatic heterocycles. The number of carboxylic acid groups (broad SMARTS) is 1. The van der Waals surface area contributed by atoms with Crippen molar-refractivity contribution in [2.24, 2.45) is 7.05 Å². The van der Waals surface area contributed by atoms with Crippen molar-refractivity contribution in [3.05, 3.63) is 53.6 Å². The molecule has 0 radical (unpaired) electrons. The van der Waals surface area contributed by atoms with Gasteiger partial charge < -0.3 is 29.4 Å². The molecule has 0 unspecified atom stereocenters.